The maximum absolute atomic E-state index is 5.54. The van der Waals surface area contributed by atoms with Crippen molar-refractivity contribution < 1.29 is 0 Å². The van der Waals surface area contributed by atoms with E-state index in [1.54, 1.807) is 0 Å². The summed E-state index contributed by atoms with van der Waals surface area (Å²) < 4.78 is 0. The quantitative estimate of drug-likeness (QED) is 0.816. The van der Waals surface area contributed by atoms with E-state index in [1.165, 1.54) is 16.5 Å². The van der Waals surface area contributed by atoms with Gasteiger partial charge in [0.2, 0.25) is 0 Å². The number of unbranched alkanes of at least 4 members (excludes halogenated alkanes) is 1. The summed E-state index contributed by atoms with van der Waals surface area (Å²) in [4.78, 5) is 4.66. The lowest BCUT2D eigenvalue weighted by Crippen LogP contribution is -2.00. The van der Waals surface area contributed by atoms with Crippen LogP contribution in [0.5, 0.6) is 0 Å². The van der Waals surface area contributed by atoms with Crippen LogP contribution in [0.3, 0.4) is 0 Å². The molecular formula is C15H20N2. The van der Waals surface area contributed by atoms with E-state index < -0.39 is 0 Å². The highest BCUT2D eigenvalue weighted by Crippen LogP contribution is 2.21. The van der Waals surface area contributed by atoms with Crippen molar-refractivity contribution in [2.45, 2.75) is 33.1 Å². The summed E-state index contributed by atoms with van der Waals surface area (Å²) in [6.45, 7) is 4.96. The van der Waals surface area contributed by atoms with Gasteiger partial charge in [0.25, 0.3) is 0 Å². The van der Waals surface area contributed by atoms with Crippen molar-refractivity contribution in [2.75, 3.05) is 6.54 Å². The van der Waals surface area contributed by atoms with E-state index in [0.29, 0.717) is 0 Å². The van der Waals surface area contributed by atoms with Crippen molar-refractivity contribution in [1.82, 2.24) is 4.98 Å². The average Bonchev–Trinajstić information content (AvgIpc) is 2.30. The molecule has 0 aliphatic carbocycles. The second kappa shape index (κ2) is 5.28. The van der Waals surface area contributed by atoms with Gasteiger partial charge in [0.05, 0.1) is 5.52 Å². The Labute approximate surface area is 103 Å². The first kappa shape index (κ1) is 12.1. The minimum atomic E-state index is 0.774. The minimum Gasteiger partial charge on any atom is -0.330 e. The first-order chi connectivity index (χ1) is 8.20. The summed E-state index contributed by atoms with van der Waals surface area (Å²) in [6.07, 6.45) is 3.30. The largest absolute Gasteiger partial charge is 0.330 e. The summed E-state index contributed by atoms with van der Waals surface area (Å²) in [5, 5.41) is 1.25. The van der Waals surface area contributed by atoms with Crippen LogP contribution in [0, 0.1) is 13.8 Å². The van der Waals surface area contributed by atoms with Crippen molar-refractivity contribution in [3.8, 4) is 0 Å². The van der Waals surface area contributed by atoms with Crippen molar-refractivity contribution in [3.63, 3.8) is 0 Å². The SMILES string of the molecule is Cc1cc(CCCCN)c2nc(C)ccc2c1. The number of benzene rings is 1. The Morgan fingerprint density at radius 3 is 2.71 bits per heavy atom. The molecule has 2 rings (SSSR count). The number of nitrogens with zero attached hydrogens (tertiary/aromatic N) is 1. The van der Waals surface area contributed by atoms with Gasteiger partial charge in [-0.2, -0.15) is 0 Å². The maximum Gasteiger partial charge on any atom is 0.0737 e. The topological polar surface area (TPSA) is 38.9 Å². The van der Waals surface area contributed by atoms with Gasteiger partial charge in [-0.15, -0.1) is 0 Å². The van der Waals surface area contributed by atoms with E-state index in [2.05, 4.69) is 36.2 Å². The minimum absolute atomic E-state index is 0.774. The zero-order valence-corrected chi connectivity index (χ0v) is 10.7. The van der Waals surface area contributed by atoms with Gasteiger partial charge in [-0.05, 0) is 57.4 Å². The third-order valence-corrected chi connectivity index (χ3v) is 3.06. The molecule has 0 spiro atoms. The molecule has 17 heavy (non-hydrogen) atoms. The van der Waals surface area contributed by atoms with Gasteiger partial charge in [0.15, 0.2) is 0 Å². The summed E-state index contributed by atoms with van der Waals surface area (Å²) in [5.74, 6) is 0. The maximum atomic E-state index is 5.54. The Bertz CT molecular complexity index is 518. The Hall–Kier alpha value is -1.41. The van der Waals surface area contributed by atoms with Crippen LogP contribution in [-0.4, -0.2) is 11.5 Å². The van der Waals surface area contributed by atoms with Crippen molar-refractivity contribution in [2.24, 2.45) is 5.73 Å². The fourth-order valence-corrected chi connectivity index (χ4v) is 2.22. The molecule has 2 N–H and O–H groups in total. The summed E-state index contributed by atoms with van der Waals surface area (Å²) >= 11 is 0. The number of aryl methyl sites for hydroxylation is 3. The zero-order valence-electron chi connectivity index (χ0n) is 10.7. The Morgan fingerprint density at radius 1 is 1.12 bits per heavy atom. The van der Waals surface area contributed by atoms with E-state index in [1.807, 2.05) is 6.92 Å². The molecule has 1 aromatic carbocycles. The first-order valence-electron chi connectivity index (χ1n) is 6.27. The third kappa shape index (κ3) is 2.83. The van der Waals surface area contributed by atoms with Gasteiger partial charge in [-0.25, -0.2) is 0 Å². The van der Waals surface area contributed by atoms with Crippen LogP contribution in [0.2, 0.25) is 0 Å². The molecule has 0 amide bonds. The molecular weight excluding hydrogens is 208 g/mol. The van der Waals surface area contributed by atoms with Crippen molar-refractivity contribution in [1.29, 1.82) is 0 Å². The molecule has 0 aliphatic rings. The van der Waals surface area contributed by atoms with E-state index in [-0.39, 0.29) is 0 Å². The molecule has 2 nitrogen and oxygen atoms in total. The zero-order chi connectivity index (χ0) is 12.3. The van der Waals surface area contributed by atoms with Crippen LogP contribution in [-0.2, 0) is 6.42 Å². The standard InChI is InChI=1S/C15H20N2/c1-11-9-13(5-3-4-8-16)15-14(10-11)7-6-12(2)17-15/h6-7,9-10H,3-5,8,16H2,1-2H3. The second-order valence-corrected chi connectivity index (χ2v) is 4.69. The number of nitrogens with two attached hydrogens (primary N) is 1. The number of hydrogen-bond acceptors (Lipinski definition) is 2. The molecule has 0 saturated carbocycles. The van der Waals surface area contributed by atoms with Crippen LogP contribution in [0.1, 0.15) is 29.7 Å². The molecule has 0 bridgehead atoms. The fraction of sp³-hybridized carbons (Fsp3) is 0.400. The lowest BCUT2D eigenvalue weighted by molar-refractivity contribution is 0.746. The predicted molar refractivity (Wildman–Crippen MR) is 73.2 cm³/mol. The Balaban J connectivity index is 2.40. The van der Waals surface area contributed by atoms with Gasteiger partial charge < -0.3 is 5.73 Å². The highest BCUT2D eigenvalue weighted by atomic mass is 14.7. The van der Waals surface area contributed by atoms with Gasteiger partial charge >= 0.3 is 0 Å². The van der Waals surface area contributed by atoms with Crippen LogP contribution in [0.4, 0.5) is 0 Å². The van der Waals surface area contributed by atoms with E-state index >= 15 is 0 Å². The van der Waals surface area contributed by atoms with Gasteiger partial charge in [0.1, 0.15) is 0 Å². The van der Waals surface area contributed by atoms with Gasteiger partial charge in [0, 0.05) is 11.1 Å². The van der Waals surface area contributed by atoms with E-state index in [4.69, 9.17) is 5.73 Å². The number of aromatic nitrogens is 1. The number of pyridine rings is 1. The molecule has 0 aliphatic heterocycles. The molecule has 90 valence electrons. The van der Waals surface area contributed by atoms with Crippen molar-refractivity contribution >= 4 is 10.9 Å². The molecule has 2 heteroatoms. The Kier molecular flexibility index (Phi) is 3.75. The summed E-state index contributed by atoms with van der Waals surface area (Å²) in [5.41, 5.74) is 10.5. The van der Waals surface area contributed by atoms with Gasteiger partial charge in [-0.3, -0.25) is 4.98 Å². The number of rotatable bonds is 4. The molecule has 0 fully saturated rings. The van der Waals surface area contributed by atoms with E-state index in [0.717, 1.165) is 37.0 Å². The Morgan fingerprint density at radius 2 is 1.94 bits per heavy atom. The molecule has 0 saturated heterocycles. The molecule has 0 unspecified atom stereocenters. The van der Waals surface area contributed by atoms with Crippen LogP contribution in [0.15, 0.2) is 24.3 Å². The third-order valence-electron chi connectivity index (χ3n) is 3.06. The number of hydrogen-bond donors (Lipinski definition) is 1. The summed E-state index contributed by atoms with van der Waals surface area (Å²) in [6, 6.07) is 8.70. The fourth-order valence-electron chi connectivity index (χ4n) is 2.22. The normalized spacial score (nSPS) is 11.0. The predicted octanol–water partition coefficient (Wildman–Crippen LogP) is 3.13. The van der Waals surface area contributed by atoms with Crippen LogP contribution < -0.4 is 5.73 Å². The van der Waals surface area contributed by atoms with E-state index in [9.17, 15) is 0 Å². The van der Waals surface area contributed by atoms with Crippen LogP contribution >= 0.6 is 0 Å². The summed E-state index contributed by atoms with van der Waals surface area (Å²) in [7, 11) is 0. The molecule has 2 aromatic rings. The second-order valence-electron chi connectivity index (χ2n) is 4.69. The molecule has 0 radical (unpaired) electrons. The smallest absolute Gasteiger partial charge is 0.0737 e. The van der Waals surface area contributed by atoms with Gasteiger partial charge in [-0.1, -0.05) is 17.7 Å². The molecule has 1 aromatic heterocycles. The number of fused-ring (bicyclic) bond motifs is 1. The molecule has 1 heterocycles. The van der Waals surface area contributed by atoms with Crippen molar-refractivity contribution in [3.05, 3.63) is 41.1 Å². The highest BCUT2D eigenvalue weighted by Gasteiger charge is 2.04. The molecule has 0 atom stereocenters. The average molecular weight is 228 g/mol. The first-order valence-corrected chi connectivity index (χ1v) is 6.27. The monoisotopic (exact) mass is 228 g/mol. The highest BCUT2D eigenvalue weighted by molar-refractivity contribution is 5.82. The lowest BCUT2D eigenvalue weighted by Gasteiger charge is -2.08. The van der Waals surface area contributed by atoms with Crippen LogP contribution in [0.25, 0.3) is 10.9 Å². The lowest BCUT2D eigenvalue weighted by atomic mass is 10.0.